The largest absolute Gasteiger partial charge is 0.438 e. The molecule has 0 aliphatic heterocycles. The van der Waals surface area contributed by atoms with Crippen molar-refractivity contribution in [3.05, 3.63) is 0 Å². The van der Waals surface area contributed by atoms with Gasteiger partial charge in [0.15, 0.2) is 6.79 Å². The summed E-state index contributed by atoms with van der Waals surface area (Å²) in [6.07, 6.45) is 0. The van der Waals surface area contributed by atoms with Crippen molar-refractivity contribution in [3.63, 3.8) is 0 Å². The first-order chi connectivity index (χ1) is 4.98. The van der Waals surface area contributed by atoms with E-state index in [1.54, 1.807) is 13.8 Å². The second-order valence-corrected chi connectivity index (χ2v) is 4.21. The summed E-state index contributed by atoms with van der Waals surface area (Å²) in [5.74, 6) is -0.268. The van der Waals surface area contributed by atoms with Crippen LogP contribution in [0.4, 0.5) is 0 Å². The average Bonchev–Trinajstić information content (AvgIpc) is 1.86. The van der Waals surface area contributed by atoms with Gasteiger partial charge in [-0.25, -0.2) is 0 Å². The number of hydrogen-bond acceptors (Lipinski definition) is 3. The van der Waals surface area contributed by atoms with E-state index in [0.717, 1.165) is 0 Å². The fourth-order valence-electron chi connectivity index (χ4n) is 0.365. The SMILES string of the molecule is CCOCOC(=O)C(C)(C)P. The van der Waals surface area contributed by atoms with Gasteiger partial charge in [-0.15, -0.1) is 9.24 Å². The van der Waals surface area contributed by atoms with Crippen LogP contribution < -0.4 is 0 Å². The van der Waals surface area contributed by atoms with Crippen LogP contribution in [0.1, 0.15) is 20.8 Å². The van der Waals surface area contributed by atoms with Gasteiger partial charge in [0.05, 0.1) is 5.16 Å². The fraction of sp³-hybridized carbons (Fsp3) is 0.857. The molecule has 0 heterocycles. The Labute approximate surface area is 69.6 Å². The minimum absolute atomic E-state index is 0.0488. The quantitative estimate of drug-likeness (QED) is 0.280. The van der Waals surface area contributed by atoms with Gasteiger partial charge in [-0.05, 0) is 20.8 Å². The molecule has 0 saturated heterocycles. The zero-order valence-electron chi connectivity index (χ0n) is 7.22. The summed E-state index contributed by atoms with van der Waals surface area (Å²) in [7, 11) is 2.41. The van der Waals surface area contributed by atoms with Crippen molar-refractivity contribution in [1.29, 1.82) is 0 Å². The first-order valence-electron chi connectivity index (χ1n) is 3.52. The van der Waals surface area contributed by atoms with E-state index in [0.29, 0.717) is 6.61 Å². The number of carbonyl (C=O) groups excluding carboxylic acids is 1. The second kappa shape index (κ2) is 4.68. The van der Waals surface area contributed by atoms with Crippen molar-refractivity contribution >= 4 is 15.2 Å². The molecule has 0 spiro atoms. The minimum Gasteiger partial charge on any atom is -0.438 e. The van der Waals surface area contributed by atoms with E-state index in [1.807, 2.05) is 6.92 Å². The van der Waals surface area contributed by atoms with Gasteiger partial charge in [-0.3, -0.25) is 4.79 Å². The molecule has 1 atom stereocenters. The van der Waals surface area contributed by atoms with E-state index in [9.17, 15) is 4.79 Å². The lowest BCUT2D eigenvalue weighted by Gasteiger charge is -2.15. The summed E-state index contributed by atoms with van der Waals surface area (Å²) < 4.78 is 9.61. The van der Waals surface area contributed by atoms with Crippen molar-refractivity contribution in [2.45, 2.75) is 25.9 Å². The van der Waals surface area contributed by atoms with Crippen molar-refractivity contribution in [3.8, 4) is 0 Å². The maximum absolute atomic E-state index is 11.0. The molecule has 0 aromatic rings. The van der Waals surface area contributed by atoms with Gasteiger partial charge in [0.2, 0.25) is 0 Å². The first-order valence-corrected chi connectivity index (χ1v) is 4.10. The second-order valence-electron chi connectivity index (χ2n) is 2.76. The van der Waals surface area contributed by atoms with Crippen molar-refractivity contribution < 1.29 is 14.3 Å². The third-order valence-corrected chi connectivity index (χ3v) is 1.24. The van der Waals surface area contributed by atoms with E-state index in [4.69, 9.17) is 9.47 Å². The molecule has 0 aliphatic carbocycles. The van der Waals surface area contributed by atoms with Crippen LogP contribution in [-0.2, 0) is 14.3 Å². The standard InChI is InChI=1S/C7H15O3P/c1-4-9-5-10-6(8)7(2,3)11/h4-5,11H2,1-3H3. The number of hydrogen-bond donors (Lipinski definition) is 0. The summed E-state index contributed by atoms with van der Waals surface area (Å²) in [4.78, 5) is 11.0. The monoisotopic (exact) mass is 178 g/mol. The molecule has 1 unspecified atom stereocenters. The van der Waals surface area contributed by atoms with E-state index < -0.39 is 5.16 Å². The molecule has 0 aromatic heterocycles. The molecule has 0 saturated carbocycles. The Morgan fingerprint density at radius 2 is 2.09 bits per heavy atom. The Morgan fingerprint density at radius 1 is 1.55 bits per heavy atom. The molecule has 0 aliphatic rings. The highest BCUT2D eigenvalue weighted by atomic mass is 31.0. The van der Waals surface area contributed by atoms with Crippen LogP contribution in [0.15, 0.2) is 0 Å². The van der Waals surface area contributed by atoms with Crippen LogP contribution in [0, 0.1) is 0 Å². The zero-order valence-corrected chi connectivity index (χ0v) is 8.37. The van der Waals surface area contributed by atoms with Gasteiger partial charge in [0.25, 0.3) is 0 Å². The Kier molecular flexibility index (Phi) is 4.62. The highest BCUT2D eigenvalue weighted by molar-refractivity contribution is 7.20. The van der Waals surface area contributed by atoms with E-state index in [-0.39, 0.29) is 12.8 Å². The Hall–Kier alpha value is -0.140. The molecule has 4 heteroatoms. The van der Waals surface area contributed by atoms with E-state index >= 15 is 0 Å². The number of ether oxygens (including phenoxy) is 2. The van der Waals surface area contributed by atoms with Gasteiger partial charge in [-0.2, -0.15) is 0 Å². The topological polar surface area (TPSA) is 35.5 Å². The van der Waals surface area contributed by atoms with Gasteiger partial charge < -0.3 is 9.47 Å². The van der Waals surface area contributed by atoms with Crippen LogP contribution in [0.5, 0.6) is 0 Å². The summed E-state index contributed by atoms with van der Waals surface area (Å²) >= 11 is 0. The first kappa shape index (κ1) is 10.9. The number of esters is 1. The van der Waals surface area contributed by atoms with Crippen molar-refractivity contribution in [2.75, 3.05) is 13.4 Å². The summed E-state index contributed by atoms with van der Waals surface area (Å²) in [5.41, 5.74) is 0. The third kappa shape index (κ3) is 5.16. The molecule has 66 valence electrons. The van der Waals surface area contributed by atoms with Crippen LogP contribution in [-0.4, -0.2) is 24.5 Å². The van der Waals surface area contributed by atoms with Crippen molar-refractivity contribution in [2.24, 2.45) is 0 Å². The van der Waals surface area contributed by atoms with Gasteiger partial charge in [0, 0.05) is 6.61 Å². The molecule has 3 nitrogen and oxygen atoms in total. The van der Waals surface area contributed by atoms with E-state index in [1.165, 1.54) is 0 Å². The maximum Gasteiger partial charge on any atom is 0.317 e. The number of carbonyl (C=O) groups is 1. The molecule has 0 radical (unpaired) electrons. The molecule has 0 aromatic carbocycles. The van der Waals surface area contributed by atoms with Crippen LogP contribution in [0.2, 0.25) is 0 Å². The molecule has 0 bridgehead atoms. The maximum atomic E-state index is 11.0. The highest BCUT2D eigenvalue weighted by Crippen LogP contribution is 2.17. The number of rotatable bonds is 4. The van der Waals surface area contributed by atoms with Gasteiger partial charge in [0.1, 0.15) is 0 Å². The van der Waals surface area contributed by atoms with Crippen LogP contribution >= 0.6 is 9.24 Å². The average molecular weight is 178 g/mol. The Morgan fingerprint density at radius 3 is 2.45 bits per heavy atom. The summed E-state index contributed by atoms with van der Waals surface area (Å²) in [5, 5.41) is -0.517. The molecule has 0 rings (SSSR count). The molecular weight excluding hydrogens is 163 g/mol. The van der Waals surface area contributed by atoms with Crippen LogP contribution in [0.25, 0.3) is 0 Å². The minimum atomic E-state index is -0.517. The lowest BCUT2D eigenvalue weighted by molar-refractivity contribution is -0.157. The van der Waals surface area contributed by atoms with Crippen molar-refractivity contribution in [1.82, 2.24) is 0 Å². The highest BCUT2D eigenvalue weighted by Gasteiger charge is 2.22. The lowest BCUT2D eigenvalue weighted by atomic mass is 10.2. The zero-order chi connectivity index (χ0) is 8.91. The normalized spacial score (nSPS) is 11.3. The van der Waals surface area contributed by atoms with Crippen LogP contribution in [0.3, 0.4) is 0 Å². The Balaban J connectivity index is 3.54. The lowest BCUT2D eigenvalue weighted by Crippen LogP contribution is -2.27. The summed E-state index contributed by atoms with van der Waals surface area (Å²) in [6, 6.07) is 0. The van der Waals surface area contributed by atoms with Gasteiger partial charge in [-0.1, -0.05) is 0 Å². The third-order valence-electron chi connectivity index (χ3n) is 1.00. The fourth-order valence-corrected chi connectivity index (χ4v) is 0.448. The Bertz CT molecular complexity index is 128. The molecular formula is C7H15O3P. The molecule has 0 N–H and O–H groups in total. The predicted octanol–water partition coefficient (Wildman–Crippen LogP) is 1.18. The molecule has 0 amide bonds. The molecule has 0 fully saturated rings. The van der Waals surface area contributed by atoms with E-state index in [2.05, 4.69) is 9.24 Å². The van der Waals surface area contributed by atoms with Gasteiger partial charge >= 0.3 is 5.97 Å². The predicted molar refractivity (Wildman–Crippen MR) is 46.4 cm³/mol. The smallest absolute Gasteiger partial charge is 0.317 e. The summed E-state index contributed by atoms with van der Waals surface area (Å²) in [6.45, 7) is 6.00. The molecule has 11 heavy (non-hydrogen) atoms.